The minimum absolute atomic E-state index is 0.0300. The van der Waals surface area contributed by atoms with Crippen molar-refractivity contribution in [3.63, 3.8) is 0 Å². The van der Waals surface area contributed by atoms with Crippen LogP contribution in [0.1, 0.15) is 35.3 Å². The monoisotopic (exact) mass is 352 g/mol. The number of nitrogens with zero attached hydrogens (tertiary/aromatic N) is 1. The maximum Gasteiger partial charge on any atom is 0.251 e. The number of morpholine rings is 1. The van der Waals surface area contributed by atoms with Gasteiger partial charge in [-0.1, -0.05) is 48.5 Å². The summed E-state index contributed by atoms with van der Waals surface area (Å²) in [5.41, 5.74) is 1.51. The van der Waals surface area contributed by atoms with Gasteiger partial charge in [-0.15, -0.1) is 0 Å². The Kier molecular flexibility index (Phi) is 6.02. The van der Waals surface area contributed by atoms with Crippen molar-refractivity contribution in [2.75, 3.05) is 19.7 Å². The molecule has 1 heterocycles. The van der Waals surface area contributed by atoms with Crippen molar-refractivity contribution >= 4 is 11.8 Å². The Morgan fingerprint density at radius 2 is 1.77 bits per heavy atom. The molecule has 5 heteroatoms. The number of nitrogens with one attached hydrogen (secondary N) is 1. The summed E-state index contributed by atoms with van der Waals surface area (Å²) >= 11 is 0. The van der Waals surface area contributed by atoms with E-state index in [0.29, 0.717) is 25.3 Å². The third kappa shape index (κ3) is 4.70. The Morgan fingerprint density at radius 1 is 1.12 bits per heavy atom. The van der Waals surface area contributed by atoms with Gasteiger partial charge in [0.1, 0.15) is 0 Å². The summed E-state index contributed by atoms with van der Waals surface area (Å²) < 4.78 is 5.51. The fourth-order valence-electron chi connectivity index (χ4n) is 3.12. The van der Waals surface area contributed by atoms with E-state index in [2.05, 4.69) is 5.32 Å². The van der Waals surface area contributed by atoms with Crippen molar-refractivity contribution < 1.29 is 14.3 Å². The molecule has 1 saturated heterocycles. The summed E-state index contributed by atoms with van der Waals surface area (Å²) in [7, 11) is 0. The van der Waals surface area contributed by atoms with Gasteiger partial charge in [0.2, 0.25) is 5.91 Å². The maximum atomic E-state index is 12.8. The molecule has 2 aromatic carbocycles. The number of ether oxygens (including phenoxy) is 1. The molecule has 2 aromatic rings. The van der Waals surface area contributed by atoms with Crippen molar-refractivity contribution in [3.05, 3.63) is 71.8 Å². The van der Waals surface area contributed by atoms with Crippen molar-refractivity contribution in [1.29, 1.82) is 0 Å². The summed E-state index contributed by atoms with van der Waals surface area (Å²) in [5, 5.41) is 3.01. The average Bonchev–Trinajstić information content (AvgIpc) is 2.68. The van der Waals surface area contributed by atoms with Gasteiger partial charge in [-0.2, -0.15) is 0 Å². The number of hydrogen-bond acceptors (Lipinski definition) is 3. The number of benzene rings is 2. The van der Waals surface area contributed by atoms with E-state index >= 15 is 0 Å². The first-order chi connectivity index (χ1) is 12.6. The normalized spacial score (nSPS) is 18.2. The van der Waals surface area contributed by atoms with Crippen LogP contribution < -0.4 is 5.32 Å². The zero-order valence-electron chi connectivity index (χ0n) is 14.9. The first-order valence-corrected chi connectivity index (χ1v) is 8.93. The van der Waals surface area contributed by atoms with Gasteiger partial charge >= 0.3 is 0 Å². The lowest BCUT2D eigenvalue weighted by Crippen LogP contribution is -2.45. The Balaban J connectivity index is 1.73. The largest absolute Gasteiger partial charge is 0.375 e. The predicted octanol–water partition coefficient (Wildman–Crippen LogP) is 2.80. The van der Waals surface area contributed by atoms with Crippen LogP contribution in [0.4, 0.5) is 0 Å². The molecule has 0 aliphatic carbocycles. The number of carbonyl (C=O) groups is 2. The van der Waals surface area contributed by atoms with Gasteiger partial charge in [-0.25, -0.2) is 0 Å². The van der Waals surface area contributed by atoms with Crippen molar-refractivity contribution in [2.45, 2.75) is 25.5 Å². The van der Waals surface area contributed by atoms with E-state index in [1.807, 2.05) is 60.4 Å². The third-order valence-corrected chi connectivity index (χ3v) is 4.52. The Labute approximate surface area is 154 Å². The number of rotatable bonds is 5. The molecule has 0 radical (unpaired) electrons. The number of hydrogen-bond donors (Lipinski definition) is 1. The molecule has 1 fully saturated rings. The van der Waals surface area contributed by atoms with Crippen molar-refractivity contribution in [2.24, 2.45) is 0 Å². The van der Waals surface area contributed by atoms with E-state index in [1.165, 1.54) is 0 Å². The molecule has 0 spiro atoms. The molecular weight excluding hydrogens is 328 g/mol. The lowest BCUT2D eigenvalue weighted by Gasteiger charge is -2.32. The minimum atomic E-state index is -0.366. The maximum absolute atomic E-state index is 12.8. The van der Waals surface area contributed by atoms with Crippen LogP contribution in [0, 0.1) is 0 Å². The highest BCUT2D eigenvalue weighted by Crippen LogP contribution is 2.20. The highest BCUT2D eigenvalue weighted by molar-refractivity contribution is 5.94. The molecule has 26 heavy (non-hydrogen) atoms. The Hall–Kier alpha value is -2.66. The van der Waals surface area contributed by atoms with E-state index in [-0.39, 0.29) is 30.4 Å². The summed E-state index contributed by atoms with van der Waals surface area (Å²) in [6.07, 6.45) is 0.275. The fourth-order valence-corrected chi connectivity index (χ4v) is 3.12. The van der Waals surface area contributed by atoms with Crippen LogP contribution in [0.3, 0.4) is 0 Å². The first-order valence-electron chi connectivity index (χ1n) is 8.93. The third-order valence-electron chi connectivity index (χ3n) is 4.52. The second-order valence-corrected chi connectivity index (χ2v) is 6.53. The van der Waals surface area contributed by atoms with Crippen molar-refractivity contribution in [3.8, 4) is 0 Å². The van der Waals surface area contributed by atoms with Crippen LogP contribution in [0.25, 0.3) is 0 Å². The zero-order chi connectivity index (χ0) is 18.4. The minimum Gasteiger partial charge on any atom is -0.375 e. The standard InChI is InChI=1S/C21H24N2O3/c1-16-15-23(12-13-26-16)20(24)14-19(17-8-4-2-5-9-17)22-21(25)18-10-6-3-7-11-18/h2-11,16,19H,12-15H2,1H3,(H,22,25). The highest BCUT2D eigenvalue weighted by atomic mass is 16.5. The topological polar surface area (TPSA) is 58.6 Å². The van der Waals surface area contributed by atoms with E-state index in [9.17, 15) is 9.59 Å². The van der Waals surface area contributed by atoms with Crippen LogP contribution >= 0.6 is 0 Å². The molecule has 1 aliphatic heterocycles. The second kappa shape index (κ2) is 8.63. The predicted molar refractivity (Wildman–Crippen MR) is 99.7 cm³/mol. The summed E-state index contributed by atoms with van der Waals surface area (Å²) in [6.45, 7) is 3.70. The van der Waals surface area contributed by atoms with Gasteiger partial charge in [-0.3, -0.25) is 9.59 Å². The van der Waals surface area contributed by atoms with Gasteiger partial charge in [-0.05, 0) is 24.6 Å². The van der Waals surface area contributed by atoms with Gasteiger partial charge in [0.05, 0.1) is 25.2 Å². The molecule has 5 nitrogen and oxygen atoms in total. The average molecular weight is 352 g/mol. The second-order valence-electron chi connectivity index (χ2n) is 6.53. The summed E-state index contributed by atoms with van der Waals surface area (Å²) in [4.78, 5) is 27.2. The van der Waals surface area contributed by atoms with Crippen LogP contribution in [-0.4, -0.2) is 42.5 Å². The van der Waals surface area contributed by atoms with Crippen LogP contribution in [0.2, 0.25) is 0 Å². The molecule has 3 rings (SSSR count). The molecule has 1 aliphatic rings. The molecule has 1 N–H and O–H groups in total. The smallest absolute Gasteiger partial charge is 0.251 e. The van der Waals surface area contributed by atoms with Gasteiger partial charge in [0, 0.05) is 18.7 Å². The zero-order valence-corrected chi connectivity index (χ0v) is 14.9. The van der Waals surface area contributed by atoms with Crippen LogP contribution in [0.5, 0.6) is 0 Å². The first kappa shape index (κ1) is 18.1. The highest BCUT2D eigenvalue weighted by Gasteiger charge is 2.25. The van der Waals surface area contributed by atoms with Crippen LogP contribution in [-0.2, 0) is 9.53 Å². The van der Waals surface area contributed by atoms with Gasteiger partial charge in [0.25, 0.3) is 5.91 Å². The lowest BCUT2D eigenvalue weighted by molar-refractivity contribution is -0.138. The molecule has 2 atom stereocenters. The SMILES string of the molecule is CC1CN(C(=O)CC(NC(=O)c2ccccc2)c2ccccc2)CCO1. The molecular formula is C21H24N2O3. The number of amides is 2. The van der Waals surface area contributed by atoms with E-state index < -0.39 is 0 Å². The summed E-state index contributed by atoms with van der Waals surface area (Å²) in [6, 6.07) is 18.3. The summed E-state index contributed by atoms with van der Waals surface area (Å²) in [5.74, 6) is -0.148. The van der Waals surface area contributed by atoms with Crippen LogP contribution in [0.15, 0.2) is 60.7 Å². The Morgan fingerprint density at radius 3 is 2.42 bits per heavy atom. The van der Waals surface area contributed by atoms with E-state index in [1.54, 1.807) is 12.1 Å². The Bertz CT molecular complexity index is 733. The van der Waals surface area contributed by atoms with Gasteiger partial charge in [0.15, 0.2) is 0 Å². The lowest BCUT2D eigenvalue weighted by atomic mass is 10.0. The molecule has 136 valence electrons. The quantitative estimate of drug-likeness (QED) is 0.900. The molecule has 2 amide bonds. The van der Waals surface area contributed by atoms with E-state index in [0.717, 1.165) is 5.56 Å². The van der Waals surface area contributed by atoms with Crippen molar-refractivity contribution in [1.82, 2.24) is 10.2 Å². The molecule has 0 aromatic heterocycles. The fraction of sp³-hybridized carbons (Fsp3) is 0.333. The number of carbonyl (C=O) groups excluding carboxylic acids is 2. The van der Waals surface area contributed by atoms with E-state index in [4.69, 9.17) is 4.74 Å². The molecule has 0 saturated carbocycles. The molecule has 2 unspecified atom stereocenters. The molecule has 0 bridgehead atoms. The van der Waals surface area contributed by atoms with Gasteiger partial charge < -0.3 is 15.0 Å².